The maximum atomic E-state index is 9.26. The molecule has 0 aliphatic carbocycles. The van der Waals surface area contributed by atoms with E-state index in [-0.39, 0.29) is 6.10 Å². The van der Waals surface area contributed by atoms with Gasteiger partial charge in [-0.05, 0) is 41.7 Å². The van der Waals surface area contributed by atoms with Crippen molar-refractivity contribution < 1.29 is 5.11 Å². The van der Waals surface area contributed by atoms with Gasteiger partial charge in [0.25, 0.3) is 0 Å². The van der Waals surface area contributed by atoms with E-state index in [2.05, 4.69) is 16.8 Å². The minimum Gasteiger partial charge on any atom is -0.393 e. The fraction of sp³-hybridized carbons (Fsp3) is 0.556. The van der Waals surface area contributed by atoms with Crippen LogP contribution in [0.3, 0.4) is 0 Å². The minimum absolute atomic E-state index is 0.116. The Morgan fingerprint density at radius 2 is 2.45 bits per heavy atom. The van der Waals surface area contributed by atoms with Gasteiger partial charge in [0.15, 0.2) is 0 Å². The first-order valence-electron chi connectivity index (χ1n) is 4.02. The lowest BCUT2D eigenvalue weighted by Gasteiger charge is -2.04. The Labute approximate surface area is 71.7 Å². The standard InChI is InChI=1S/C9H14OS/c1-2-9(10)4-3-8-5-6-11-7-8/h5-7,9-10H,2-4H2,1H3. The summed E-state index contributed by atoms with van der Waals surface area (Å²) in [5.41, 5.74) is 1.35. The highest BCUT2D eigenvalue weighted by Crippen LogP contribution is 2.10. The van der Waals surface area contributed by atoms with Gasteiger partial charge in [-0.1, -0.05) is 6.92 Å². The Balaban J connectivity index is 2.23. The molecule has 0 saturated heterocycles. The fourth-order valence-electron chi connectivity index (χ4n) is 0.972. The molecule has 1 rings (SSSR count). The first-order chi connectivity index (χ1) is 5.33. The first kappa shape index (κ1) is 8.75. The molecule has 1 unspecified atom stereocenters. The normalized spacial score (nSPS) is 13.3. The van der Waals surface area contributed by atoms with Gasteiger partial charge >= 0.3 is 0 Å². The van der Waals surface area contributed by atoms with E-state index in [4.69, 9.17) is 0 Å². The molecule has 2 heteroatoms. The summed E-state index contributed by atoms with van der Waals surface area (Å²) in [4.78, 5) is 0. The highest BCUT2D eigenvalue weighted by molar-refractivity contribution is 7.07. The molecule has 1 atom stereocenters. The molecule has 1 aromatic rings. The largest absolute Gasteiger partial charge is 0.393 e. The molecule has 1 aromatic heterocycles. The van der Waals surface area contributed by atoms with Gasteiger partial charge in [-0.15, -0.1) is 0 Å². The van der Waals surface area contributed by atoms with Crippen molar-refractivity contribution >= 4 is 11.3 Å². The number of hydrogen-bond donors (Lipinski definition) is 1. The first-order valence-corrected chi connectivity index (χ1v) is 4.96. The quantitative estimate of drug-likeness (QED) is 0.736. The Morgan fingerprint density at radius 1 is 1.64 bits per heavy atom. The van der Waals surface area contributed by atoms with Crippen LogP contribution in [0.1, 0.15) is 25.3 Å². The lowest BCUT2D eigenvalue weighted by Crippen LogP contribution is -2.04. The monoisotopic (exact) mass is 170 g/mol. The Hall–Kier alpha value is -0.340. The number of aliphatic hydroxyl groups is 1. The molecule has 0 amide bonds. The van der Waals surface area contributed by atoms with Crippen LogP contribution < -0.4 is 0 Å². The molecule has 1 heterocycles. The summed E-state index contributed by atoms with van der Waals surface area (Å²) < 4.78 is 0. The second-order valence-corrected chi connectivity index (χ2v) is 3.51. The highest BCUT2D eigenvalue weighted by atomic mass is 32.1. The molecule has 0 saturated carbocycles. The van der Waals surface area contributed by atoms with Crippen LogP contribution in [0.5, 0.6) is 0 Å². The summed E-state index contributed by atoms with van der Waals surface area (Å²) in [6, 6.07) is 2.12. The zero-order valence-electron chi connectivity index (χ0n) is 6.79. The lowest BCUT2D eigenvalue weighted by molar-refractivity contribution is 0.160. The molecular weight excluding hydrogens is 156 g/mol. The molecule has 1 N–H and O–H groups in total. The Kier molecular flexibility index (Phi) is 3.60. The van der Waals surface area contributed by atoms with Gasteiger partial charge < -0.3 is 5.11 Å². The number of aliphatic hydroxyl groups excluding tert-OH is 1. The van der Waals surface area contributed by atoms with Crippen molar-refractivity contribution in [2.24, 2.45) is 0 Å². The van der Waals surface area contributed by atoms with Gasteiger partial charge in [0, 0.05) is 0 Å². The second-order valence-electron chi connectivity index (χ2n) is 2.73. The van der Waals surface area contributed by atoms with Crippen LogP contribution in [0, 0.1) is 0 Å². The van der Waals surface area contributed by atoms with Crippen molar-refractivity contribution in [3.05, 3.63) is 22.4 Å². The van der Waals surface area contributed by atoms with E-state index in [1.54, 1.807) is 11.3 Å². The van der Waals surface area contributed by atoms with E-state index in [0.717, 1.165) is 19.3 Å². The number of thiophene rings is 1. The van der Waals surface area contributed by atoms with Gasteiger partial charge in [0.05, 0.1) is 6.10 Å². The second kappa shape index (κ2) is 4.52. The summed E-state index contributed by atoms with van der Waals surface area (Å²) in [5, 5.41) is 13.5. The summed E-state index contributed by atoms with van der Waals surface area (Å²) in [6.45, 7) is 2.01. The number of aryl methyl sites for hydroxylation is 1. The fourth-order valence-corrected chi connectivity index (χ4v) is 1.68. The molecule has 0 spiro atoms. The van der Waals surface area contributed by atoms with E-state index < -0.39 is 0 Å². The molecule has 11 heavy (non-hydrogen) atoms. The van der Waals surface area contributed by atoms with Crippen LogP contribution in [0.25, 0.3) is 0 Å². The average Bonchev–Trinajstić information content (AvgIpc) is 2.52. The minimum atomic E-state index is -0.116. The van der Waals surface area contributed by atoms with Crippen LogP contribution in [-0.4, -0.2) is 11.2 Å². The van der Waals surface area contributed by atoms with Crippen LogP contribution in [0.15, 0.2) is 16.8 Å². The molecule has 0 fully saturated rings. The summed E-state index contributed by atoms with van der Waals surface area (Å²) in [7, 11) is 0. The highest BCUT2D eigenvalue weighted by Gasteiger charge is 2.00. The van der Waals surface area contributed by atoms with Crippen molar-refractivity contribution in [1.82, 2.24) is 0 Å². The van der Waals surface area contributed by atoms with Gasteiger partial charge in [0.1, 0.15) is 0 Å². The van der Waals surface area contributed by atoms with E-state index in [9.17, 15) is 5.11 Å². The number of rotatable bonds is 4. The third-order valence-electron chi connectivity index (χ3n) is 1.82. The van der Waals surface area contributed by atoms with Crippen LogP contribution in [0.4, 0.5) is 0 Å². The molecule has 0 aliphatic rings. The van der Waals surface area contributed by atoms with Gasteiger partial charge in [-0.2, -0.15) is 11.3 Å². The average molecular weight is 170 g/mol. The molecule has 0 aromatic carbocycles. The van der Waals surface area contributed by atoms with E-state index >= 15 is 0 Å². The SMILES string of the molecule is CCC(O)CCc1ccsc1. The van der Waals surface area contributed by atoms with Crippen molar-refractivity contribution in [2.45, 2.75) is 32.3 Å². The molecule has 1 nitrogen and oxygen atoms in total. The Bertz CT molecular complexity index is 181. The Morgan fingerprint density at radius 3 is 3.00 bits per heavy atom. The smallest absolute Gasteiger partial charge is 0.0540 e. The molecular formula is C9H14OS. The van der Waals surface area contributed by atoms with E-state index in [1.165, 1.54) is 5.56 Å². The maximum absolute atomic E-state index is 9.26. The van der Waals surface area contributed by atoms with E-state index in [1.807, 2.05) is 6.92 Å². The number of hydrogen-bond acceptors (Lipinski definition) is 2. The van der Waals surface area contributed by atoms with Gasteiger partial charge in [-0.25, -0.2) is 0 Å². The molecule has 0 aliphatic heterocycles. The third-order valence-corrected chi connectivity index (χ3v) is 2.55. The predicted molar refractivity (Wildman–Crippen MR) is 48.9 cm³/mol. The van der Waals surface area contributed by atoms with Crippen LogP contribution in [-0.2, 0) is 6.42 Å². The molecule has 62 valence electrons. The lowest BCUT2D eigenvalue weighted by atomic mass is 10.1. The maximum Gasteiger partial charge on any atom is 0.0540 e. The predicted octanol–water partition coefficient (Wildman–Crippen LogP) is 2.45. The molecule has 0 bridgehead atoms. The van der Waals surface area contributed by atoms with Crippen molar-refractivity contribution in [3.63, 3.8) is 0 Å². The zero-order chi connectivity index (χ0) is 8.10. The summed E-state index contributed by atoms with van der Waals surface area (Å²) in [5.74, 6) is 0. The van der Waals surface area contributed by atoms with Crippen LogP contribution >= 0.6 is 11.3 Å². The topological polar surface area (TPSA) is 20.2 Å². The van der Waals surface area contributed by atoms with Gasteiger partial charge in [-0.3, -0.25) is 0 Å². The zero-order valence-corrected chi connectivity index (χ0v) is 7.60. The van der Waals surface area contributed by atoms with Gasteiger partial charge in [0.2, 0.25) is 0 Å². The van der Waals surface area contributed by atoms with Crippen molar-refractivity contribution in [3.8, 4) is 0 Å². The van der Waals surface area contributed by atoms with Crippen molar-refractivity contribution in [1.29, 1.82) is 0 Å². The van der Waals surface area contributed by atoms with Crippen molar-refractivity contribution in [2.75, 3.05) is 0 Å². The van der Waals surface area contributed by atoms with Crippen LogP contribution in [0.2, 0.25) is 0 Å². The molecule has 0 radical (unpaired) electrons. The summed E-state index contributed by atoms with van der Waals surface area (Å²) in [6.07, 6.45) is 2.66. The van der Waals surface area contributed by atoms with E-state index in [0.29, 0.717) is 0 Å². The third kappa shape index (κ3) is 3.04. The summed E-state index contributed by atoms with van der Waals surface area (Å²) >= 11 is 1.72.